The SMILES string of the molecule is CN(C)CCN=C1NC2C=CC=C(C(N)=O)C2N1. The molecule has 2 aliphatic rings. The molecular weight excluding hydrogens is 230 g/mol. The Kier molecular flexibility index (Phi) is 3.66. The Morgan fingerprint density at radius 2 is 2.28 bits per heavy atom. The van der Waals surface area contributed by atoms with E-state index in [9.17, 15) is 4.79 Å². The van der Waals surface area contributed by atoms with E-state index in [4.69, 9.17) is 5.73 Å². The van der Waals surface area contributed by atoms with Crippen LogP contribution in [0, 0.1) is 0 Å². The van der Waals surface area contributed by atoms with Crippen LogP contribution < -0.4 is 16.4 Å². The largest absolute Gasteiger partial charge is 0.366 e. The van der Waals surface area contributed by atoms with Gasteiger partial charge in [-0.3, -0.25) is 9.79 Å². The average molecular weight is 249 g/mol. The fourth-order valence-electron chi connectivity index (χ4n) is 2.02. The van der Waals surface area contributed by atoms with Crippen molar-refractivity contribution in [2.24, 2.45) is 10.7 Å². The normalized spacial score (nSPS) is 27.7. The number of nitrogens with one attached hydrogen (secondary N) is 2. The Balaban J connectivity index is 2.01. The molecule has 0 aromatic carbocycles. The first-order valence-electron chi connectivity index (χ1n) is 5.98. The van der Waals surface area contributed by atoms with E-state index in [0.717, 1.165) is 12.5 Å². The number of hydrogen-bond acceptors (Lipinski definition) is 3. The first-order valence-corrected chi connectivity index (χ1v) is 5.98. The molecule has 1 amide bonds. The minimum absolute atomic E-state index is 0.0515. The van der Waals surface area contributed by atoms with Gasteiger partial charge in [0.05, 0.1) is 18.6 Å². The van der Waals surface area contributed by atoms with Crippen LogP contribution in [-0.4, -0.2) is 56.0 Å². The van der Waals surface area contributed by atoms with Gasteiger partial charge in [-0.1, -0.05) is 18.2 Å². The number of aliphatic imine (C=N–C) groups is 1. The Morgan fingerprint density at radius 1 is 1.50 bits per heavy atom. The zero-order chi connectivity index (χ0) is 13.1. The summed E-state index contributed by atoms with van der Waals surface area (Å²) in [5.41, 5.74) is 5.94. The number of carbonyl (C=O) groups is 1. The van der Waals surface area contributed by atoms with Crippen LogP contribution in [0.5, 0.6) is 0 Å². The number of carbonyl (C=O) groups excluding carboxylic acids is 1. The highest BCUT2D eigenvalue weighted by Crippen LogP contribution is 2.17. The summed E-state index contributed by atoms with van der Waals surface area (Å²) in [6, 6.07) is -0.0544. The highest BCUT2D eigenvalue weighted by Gasteiger charge is 2.34. The van der Waals surface area contributed by atoms with Gasteiger partial charge < -0.3 is 21.3 Å². The van der Waals surface area contributed by atoms with Crippen LogP contribution in [0.15, 0.2) is 28.8 Å². The first kappa shape index (κ1) is 12.6. The molecule has 0 aromatic heterocycles. The van der Waals surface area contributed by atoms with Gasteiger partial charge >= 0.3 is 0 Å². The molecule has 18 heavy (non-hydrogen) atoms. The quantitative estimate of drug-likeness (QED) is 0.585. The van der Waals surface area contributed by atoms with Gasteiger partial charge in [-0.05, 0) is 14.1 Å². The molecular formula is C12H19N5O. The number of primary amides is 1. The van der Waals surface area contributed by atoms with Crippen molar-refractivity contribution in [3.05, 3.63) is 23.8 Å². The number of fused-ring (bicyclic) bond motifs is 1. The monoisotopic (exact) mass is 249 g/mol. The van der Waals surface area contributed by atoms with Gasteiger partial charge in [-0.15, -0.1) is 0 Å². The molecule has 1 saturated heterocycles. The van der Waals surface area contributed by atoms with Crippen LogP contribution >= 0.6 is 0 Å². The molecule has 1 fully saturated rings. The lowest BCUT2D eigenvalue weighted by Crippen LogP contribution is -2.40. The molecule has 98 valence electrons. The molecule has 2 atom stereocenters. The maximum absolute atomic E-state index is 11.3. The number of nitrogens with two attached hydrogens (primary N) is 1. The fourth-order valence-corrected chi connectivity index (χ4v) is 2.02. The molecule has 6 heteroatoms. The Hall–Kier alpha value is -1.82. The van der Waals surface area contributed by atoms with Crippen LogP contribution in [0.4, 0.5) is 0 Å². The lowest BCUT2D eigenvalue weighted by atomic mass is 9.95. The second-order valence-corrected chi connectivity index (χ2v) is 4.70. The van der Waals surface area contributed by atoms with Crippen LogP contribution in [0.3, 0.4) is 0 Å². The molecule has 1 aliphatic heterocycles. The maximum Gasteiger partial charge on any atom is 0.246 e. The Labute approximate surface area is 107 Å². The number of amides is 1. The summed E-state index contributed by atoms with van der Waals surface area (Å²) < 4.78 is 0. The van der Waals surface area contributed by atoms with Crippen molar-refractivity contribution >= 4 is 11.9 Å². The van der Waals surface area contributed by atoms with Crippen molar-refractivity contribution in [3.8, 4) is 0 Å². The predicted molar refractivity (Wildman–Crippen MR) is 71.1 cm³/mol. The van der Waals surface area contributed by atoms with Crippen molar-refractivity contribution in [1.29, 1.82) is 0 Å². The summed E-state index contributed by atoms with van der Waals surface area (Å²) in [6.07, 6.45) is 5.60. The molecule has 4 N–H and O–H groups in total. The van der Waals surface area contributed by atoms with E-state index >= 15 is 0 Å². The van der Waals surface area contributed by atoms with E-state index < -0.39 is 5.91 Å². The van der Waals surface area contributed by atoms with E-state index in [1.165, 1.54) is 0 Å². The number of allylic oxidation sites excluding steroid dienone is 2. The molecule has 2 unspecified atom stereocenters. The lowest BCUT2D eigenvalue weighted by molar-refractivity contribution is -0.114. The number of nitrogens with zero attached hydrogens (tertiary/aromatic N) is 2. The smallest absolute Gasteiger partial charge is 0.246 e. The third-order valence-electron chi connectivity index (χ3n) is 2.99. The summed E-state index contributed by atoms with van der Waals surface area (Å²) in [5, 5.41) is 6.43. The highest BCUT2D eigenvalue weighted by molar-refractivity contribution is 5.97. The minimum atomic E-state index is -0.391. The summed E-state index contributed by atoms with van der Waals surface area (Å²) >= 11 is 0. The first-order chi connectivity index (χ1) is 8.58. The lowest BCUT2D eigenvalue weighted by Gasteiger charge is -2.19. The third-order valence-corrected chi connectivity index (χ3v) is 2.99. The van der Waals surface area contributed by atoms with E-state index in [1.54, 1.807) is 6.08 Å². The van der Waals surface area contributed by atoms with E-state index in [0.29, 0.717) is 12.1 Å². The molecule has 0 saturated carbocycles. The highest BCUT2D eigenvalue weighted by atomic mass is 16.1. The second-order valence-electron chi connectivity index (χ2n) is 4.70. The Morgan fingerprint density at radius 3 is 2.94 bits per heavy atom. The molecule has 0 spiro atoms. The van der Waals surface area contributed by atoms with Crippen LogP contribution in [0.1, 0.15) is 0 Å². The van der Waals surface area contributed by atoms with Gasteiger partial charge in [0, 0.05) is 12.1 Å². The number of hydrogen-bond donors (Lipinski definition) is 3. The number of rotatable bonds is 4. The van der Waals surface area contributed by atoms with Crippen molar-refractivity contribution in [3.63, 3.8) is 0 Å². The van der Waals surface area contributed by atoms with Gasteiger partial charge in [0.15, 0.2) is 5.96 Å². The standard InChI is InChI=1S/C12H19N5O/c1-17(2)7-6-14-12-15-9-5-3-4-8(11(13)18)10(9)16-12/h3-5,9-10H,6-7H2,1-2H3,(H2,13,18)(H2,14,15,16). The van der Waals surface area contributed by atoms with Crippen molar-refractivity contribution in [2.75, 3.05) is 27.2 Å². The molecule has 0 aromatic rings. The minimum Gasteiger partial charge on any atom is -0.366 e. The zero-order valence-electron chi connectivity index (χ0n) is 10.7. The molecule has 6 nitrogen and oxygen atoms in total. The summed E-state index contributed by atoms with van der Waals surface area (Å²) in [5.74, 6) is 0.337. The fraction of sp³-hybridized carbons (Fsp3) is 0.500. The van der Waals surface area contributed by atoms with Crippen LogP contribution in [0.25, 0.3) is 0 Å². The summed E-state index contributed by atoms with van der Waals surface area (Å²) in [7, 11) is 4.01. The molecule has 2 rings (SSSR count). The van der Waals surface area contributed by atoms with Crippen molar-refractivity contribution in [1.82, 2.24) is 15.5 Å². The molecule has 0 radical (unpaired) electrons. The topological polar surface area (TPSA) is 82.8 Å². The summed E-state index contributed by atoms with van der Waals surface area (Å²) in [6.45, 7) is 1.59. The third kappa shape index (κ3) is 2.70. The molecule has 1 heterocycles. The van der Waals surface area contributed by atoms with Crippen LogP contribution in [-0.2, 0) is 4.79 Å². The van der Waals surface area contributed by atoms with Crippen molar-refractivity contribution in [2.45, 2.75) is 12.1 Å². The maximum atomic E-state index is 11.3. The molecule has 1 aliphatic carbocycles. The van der Waals surface area contributed by atoms with Gasteiger partial charge in [0.25, 0.3) is 0 Å². The number of guanidine groups is 1. The Bertz CT molecular complexity index is 424. The van der Waals surface area contributed by atoms with Crippen molar-refractivity contribution < 1.29 is 4.79 Å². The van der Waals surface area contributed by atoms with Gasteiger partial charge in [-0.25, -0.2) is 0 Å². The van der Waals surface area contributed by atoms with E-state index in [2.05, 4.69) is 20.5 Å². The number of likely N-dealkylation sites (N-methyl/N-ethyl adjacent to an activating group) is 1. The van der Waals surface area contributed by atoms with Gasteiger partial charge in [-0.2, -0.15) is 0 Å². The second kappa shape index (κ2) is 5.22. The van der Waals surface area contributed by atoms with Gasteiger partial charge in [0.2, 0.25) is 5.91 Å². The van der Waals surface area contributed by atoms with Crippen LogP contribution in [0.2, 0.25) is 0 Å². The van der Waals surface area contributed by atoms with E-state index in [-0.39, 0.29) is 12.1 Å². The molecule has 0 bridgehead atoms. The van der Waals surface area contributed by atoms with E-state index in [1.807, 2.05) is 26.2 Å². The summed E-state index contributed by atoms with van der Waals surface area (Å²) in [4.78, 5) is 17.8. The zero-order valence-corrected chi connectivity index (χ0v) is 10.7. The average Bonchev–Trinajstić information content (AvgIpc) is 2.70. The predicted octanol–water partition coefficient (Wildman–Crippen LogP) is -1.18. The van der Waals surface area contributed by atoms with Gasteiger partial charge in [0.1, 0.15) is 0 Å².